The Morgan fingerprint density at radius 3 is 2.94 bits per heavy atom. The minimum Gasteiger partial charge on any atom is -0.298 e. The first-order valence-electron chi connectivity index (χ1n) is 7.29. The van der Waals surface area contributed by atoms with E-state index in [0.29, 0.717) is 0 Å². The number of hydrogen-bond donors (Lipinski definition) is 0. The molecule has 2 nitrogen and oxygen atoms in total. The third kappa shape index (κ3) is 1.91. The first-order valence-corrected chi connectivity index (χ1v) is 7.29. The molecule has 2 aliphatic heterocycles. The highest BCUT2D eigenvalue weighted by molar-refractivity contribution is 5.01. The fourth-order valence-corrected chi connectivity index (χ4v) is 3.99. The van der Waals surface area contributed by atoms with Crippen LogP contribution >= 0.6 is 0 Å². The van der Waals surface area contributed by atoms with Crippen LogP contribution in [0.4, 0.5) is 0 Å². The summed E-state index contributed by atoms with van der Waals surface area (Å²) in [4.78, 5) is 5.57. The van der Waals surface area contributed by atoms with E-state index >= 15 is 0 Å². The average molecular weight is 222 g/mol. The van der Waals surface area contributed by atoms with E-state index in [1.807, 2.05) is 0 Å². The monoisotopic (exact) mass is 222 g/mol. The van der Waals surface area contributed by atoms with Crippen molar-refractivity contribution in [2.45, 2.75) is 64.1 Å². The third-order valence-corrected chi connectivity index (χ3v) is 4.96. The summed E-state index contributed by atoms with van der Waals surface area (Å²) < 4.78 is 0. The largest absolute Gasteiger partial charge is 0.298 e. The van der Waals surface area contributed by atoms with Crippen LogP contribution in [0, 0.1) is 5.92 Å². The van der Waals surface area contributed by atoms with Gasteiger partial charge in [-0.25, -0.2) is 0 Å². The van der Waals surface area contributed by atoms with Gasteiger partial charge in [0.1, 0.15) is 0 Å². The van der Waals surface area contributed by atoms with Crippen molar-refractivity contribution in [2.24, 2.45) is 5.92 Å². The molecular formula is C14H26N2. The molecule has 2 saturated heterocycles. The Kier molecular flexibility index (Phi) is 2.97. The van der Waals surface area contributed by atoms with Gasteiger partial charge in [-0.2, -0.15) is 0 Å². The maximum Gasteiger partial charge on any atom is 0.0224 e. The zero-order valence-electron chi connectivity index (χ0n) is 10.9. The van der Waals surface area contributed by atoms with Crippen molar-refractivity contribution >= 4 is 0 Å². The van der Waals surface area contributed by atoms with Crippen molar-refractivity contribution < 1.29 is 0 Å². The number of piperazine rings is 1. The summed E-state index contributed by atoms with van der Waals surface area (Å²) in [6.07, 6.45) is 7.22. The van der Waals surface area contributed by atoms with Gasteiger partial charge >= 0.3 is 0 Å². The zero-order chi connectivity index (χ0) is 11.1. The van der Waals surface area contributed by atoms with Crippen LogP contribution in [-0.2, 0) is 0 Å². The molecule has 0 aromatic carbocycles. The fourth-order valence-electron chi connectivity index (χ4n) is 3.99. The van der Waals surface area contributed by atoms with Crippen molar-refractivity contribution in [3.8, 4) is 0 Å². The standard InChI is InChI=1S/C14H26N2/c1-3-5-12-8-14(12)16-10-13-6-4-7-15(13)9-11(16)2/h11-14H,3-10H2,1-2H3. The van der Waals surface area contributed by atoms with Crippen LogP contribution in [0.15, 0.2) is 0 Å². The van der Waals surface area contributed by atoms with Crippen LogP contribution in [0.5, 0.6) is 0 Å². The topological polar surface area (TPSA) is 6.48 Å². The summed E-state index contributed by atoms with van der Waals surface area (Å²) in [5.41, 5.74) is 0. The van der Waals surface area contributed by atoms with Crippen LogP contribution < -0.4 is 0 Å². The lowest BCUT2D eigenvalue weighted by Gasteiger charge is -2.42. The van der Waals surface area contributed by atoms with Crippen LogP contribution in [0.3, 0.4) is 0 Å². The number of nitrogens with zero attached hydrogens (tertiary/aromatic N) is 2. The summed E-state index contributed by atoms with van der Waals surface area (Å²) in [6, 6.07) is 2.66. The number of rotatable bonds is 3. The second-order valence-electron chi connectivity index (χ2n) is 6.19. The van der Waals surface area contributed by atoms with Gasteiger partial charge in [0.25, 0.3) is 0 Å². The average Bonchev–Trinajstić information content (AvgIpc) is 2.87. The van der Waals surface area contributed by atoms with E-state index in [9.17, 15) is 0 Å². The summed E-state index contributed by atoms with van der Waals surface area (Å²) >= 11 is 0. The molecule has 3 fully saturated rings. The minimum atomic E-state index is 0.807. The van der Waals surface area contributed by atoms with E-state index in [4.69, 9.17) is 0 Å². The molecule has 4 unspecified atom stereocenters. The Balaban J connectivity index is 1.59. The summed E-state index contributed by atoms with van der Waals surface area (Å²) in [7, 11) is 0. The predicted molar refractivity (Wildman–Crippen MR) is 67.6 cm³/mol. The molecule has 2 heteroatoms. The lowest BCUT2D eigenvalue weighted by Crippen LogP contribution is -2.55. The Morgan fingerprint density at radius 2 is 2.12 bits per heavy atom. The van der Waals surface area contributed by atoms with Gasteiger partial charge in [0, 0.05) is 31.2 Å². The van der Waals surface area contributed by atoms with Gasteiger partial charge in [-0.15, -0.1) is 0 Å². The molecule has 0 N–H and O–H groups in total. The molecule has 3 rings (SSSR count). The van der Waals surface area contributed by atoms with Crippen LogP contribution in [-0.4, -0.2) is 47.6 Å². The smallest absolute Gasteiger partial charge is 0.0224 e. The molecule has 0 radical (unpaired) electrons. The molecule has 0 spiro atoms. The highest BCUT2D eigenvalue weighted by atomic mass is 15.3. The molecule has 1 saturated carbocycles. The van der Waals surface area contributed by atoms with Crippen molar-refractivity contribution in [1.29, 1.82) is 0 Å². The fraction of sp³-hybridized carbons (Fsp3) is 1.00. The van der Waals surface area contributed by atoms with Crippen molar-refractivity contribution in [1.82, 2.24) is 9.80 Å². The summed E-state index contributed by atoms with van der Waals surface area (Å²) in [6.45, 7) is 8.83. The minimum absolute atomic E-state index is 0.807. The second kappa shape index (κ2) is 4.30. The number of fused-ring (bicyclic) bond motifs is 1. The van der Waals surface area contributed by atoms with Crippen LogP contribution in [0.1, 0.15) is 46.0 Å². The SMILES string of the molecule is CCCC1CC1N1CC2CCCN2CC1C. The van der Waals surface area contributed by atoms with Crippen molar-refractivity contribution in [3.05, 3.63) is 0 Å². The van der Waals surface area contributed by atoms with E-state index < -0.39 is 0 Å². The quantitative estimate of drug-likeness (QED) is 0.723. The summed E-state index contributed by atoms with van der Waals surface area (Å²) in [5, 5.41) is 0. The van der Waals surface area contributed by atoms with E-state index in [1.54, 1.807) is 0 Å². The van der Waals surface area contributed by atoms with Crippen LogP contribution in [0.2, 0.25) is 0 Å². The molecule has 0 aromatic heterocycles. The van der Waals surface area contributed by atoms with Gasteiger partial charge in [0.2, 0.25) is 0 Å². The molecule has 0 bridgehead atoms. The highest BCUT2D eigenvalue weighted by Crippen LogP contribution is 2.42. The first kappa shape index (κ1) is 11.0. The molecule has 4 atom stereocenters. The Morgan fingerprint density at radius 1 is 1.25 bits per heavy atom. The van der Waals surface area contributed by atoms with E-state index in [-0.39, 0.29) is 0 Å². The first-order chi connectivity index (χ1) is 7.79. The predicted octanol–water partition coefficient (Wildman–Crippen LogP) is 2.34. The lowest BCUT2D eigenvalue weighted by atomic mass is 10.1. The third-order valence-electron chi connectivity index (χ3n) is 4.96. The van der Waals surface area contributed by atoms with Gasteiger partial charge in [-0.3, -0.25) is 9.80 Å². The molecule has 92 valence electrons. The molecule has 1 aliphatic carbocycles. The van der Waals surface area contributed by atoms with Crippen LogP contribution in [0.25, 0.3) is 0 Å². The molecular weight excluding hydrogens is 196 g/mol. The number of hydrogen-bond acceptors (Lipinski definition) is 2. The molecule has 0 amide bonds. The second-order valence-corrected chi connectivity index (χ2v) is 6.19. The Bertz CT molecular complexity index is 253. The van der Waals surface area contributed by atoms with Crippen molar-refractivity contribution in [3.63, 3.8) is 0 Å². The maximum absolute atomic E-state index is 2.84. The van der Waals surface area contributed by atoms with Crippen molar-refractivity contribution in [2.75, 3.05) is 19.6 Å². The Labute approximate surface area is 100.0 Å². The summed E-state index contributed by atoms with van der Waals surface area (Å²) in [5.74, 6) is 1.04. The van der Waals surface area contributed by atoms with Gasteiger partial charge in [-0.05, 0) is 45.1 Å². The molecule has 3 aliphatic rings. The molecule has 0 aromatic rings. The molecule has 2 heterocycles. The van der Waals surface area contributed by atoms with E-state index in [0.717, 1.165) is 24.0 Å². The van der Waals surface area contributed by atoms with Gasteiger partial charge in [-0.1, -0.05) is 13.3 Å². The maximum atomic E-state index is 2.84. The molecule has 16 heavy (non-hydrogen) atoms. The zero-order valence-corrected chi connectivity index (χ0v) is 10.9. The lowest BCUT2D eigenvalue weighted by molar-refractivity contribution is 0.0497. The van der Waals surface area contributed by atoms with E-state index in [1.165, 1.54) is 51.7 Å². The highest BCUT2D eigenvalue weighted by Gasteiger charge is 2.46. The van der Waals surface area contributed by atoms with Gasteiger partial charge in [0.05, 0.1) is 0 Å². The van der Waals surface area contributed by atoms with E-state index in [2.05, 4.69) is 23.6 Å². The Hall–Kier alpha value is -0.0800. The van der Waals surface area contributed by atoms with Gasteiger partial charge < -0.3 is 0 Å². The van der Waals surface area contributed by atoms with Gasteiger partial charge in [0.15, 0.2) is 0 Å². The normalized spacial score (nSPS) is 44.6.